The Labute approximate surface area is 107 Å². The van der Waals surface area contributed by atoms with Gasteiger partial charge in [-0.3, -0.25) is 0 Å². The van der Waals surface area contributed by atoms with Crippen molar-refractivity contribution in [1.29, 1.82) is 0 Å². The molecule has 0 aliphatic rings. The second-order valence-electron chi connectivity index (χ2n) is 3.33. The van der Waals surface area contributed by atoms with Gasteiger partial charge in [0.1, 0.15) is 17.0 Å². The highest BCUT2D eigenvalue weighted by molar-refractivity contribution is 7.90. The Balaban J connectivity index is 2.80. The van der Waals surface area contributed by atoms with Crippen molar-refractivity contribution in [3.05, 3.63) is 23.1 Å². The van der Waals surface area contributed by atoms with E-state index in [1.807, 2.05) is 0 Å². The van der Waals surface area contributed by atoms with Gasteiger partial charge < -0.3 is 4.55 Å². The van der Waals surface area contributed by atoms with E-state index in [9.17, 15) is 17.7 Å². The van der Waals surface area contributed by atoms with Gasteiger partial charge in [-0.25, -0.2) is 4.98 Å². The van der Waals surface area contributed by atoms with E-state index in [4.69, 9.17) is 11.6 Å². The van der Waals surface area contributed by atoms with Crippen LogP contribution in [-0.2, 0) is 17.4 Å². The van der Waals surface area contributed by atoms with E-state index in [0.29, 0.717) is 6.20 Å². The molecule has 0 radical (unpaired) electrons. The molecule has 0 spiro atoms. The van der Waals surface area contributed by atoms with Crippen molar-refractivity contribution in [2.45, 2.75) is 11.3 Å². The lowest BCUT2D eigenvalue weighted by atomic mass is 10.2. The van der Waals surface area contributed by atoms with Gasteiger partial charge in [0.05, 0.1) is 10.9 Å². The predicted molar refractivity (Wildman–Crippen MR) is 59.7 cm³/mol. The van der Waals surface area contributed by atoms with Crippen molar-refractivity contribution in [3.63, 3.8) is 0 Å². The molecular weight excluding hydrogens is 291 g/mol. The van der Waals surface area contributed by atoms with Crippen LogP contribution >= 0.6 is 11.6 Å². The normalized spacial score (nSPS) is 13.9. The molecule has 96 valence electrons. The number of aromatic nitrogens is 3. The van der Waals surface area contributed by atoms with Crippen LogP contribution in [0.4, 0.5) is 13.2 Å². The second-order valence-corrected chi connectivity index (χ2v) is 4.96. The Morgan fingerprint density at radius 3 is 2.50 bits per heavy atom. The van der Waals surface area contributed by atoms with Crippen LogP contribution in [0.2, 0.25) is 5.15 Å². The van der Waals surface area contributed by atoms with Gasteiger partial charge in [0, 0.05) is 23.6 Å². The smallest absolute Gasteiger partial charge is 0.420 e. The van der Waals surface area contributed by atoms with E-state index in [-0.39, 0.29) is 15.7 Å². The molecule has 0 bridgehead atoms. The SMILES string of the molecule is C[S+]([O-])c1ncc2c(Cl)ncc(C(F)(F)F)c2n1. The second kappa shape index (κ2) is 4.52. The van der Waals surface area contributed by atoms with Crippen LogP contribution in [0.5, 0.6) is 0 Å². The maximum atomic E-state index is 12.8. The number of alkyl halides is 3. The zero-order valence-corrected chi connectivity index (χ0v) is 10.4. The van der Waals surface area contributed by atoms with E-state index in [1.54, 1.807) is 0 Å². The Hall–Kier alpha value is -1.12. The lowest BCUT2D eigenvalue weighted by molar-refractivity contribution is -0.136. The van der Waals surface area contributed by atoms with Crippen LogP contribution in [-0.4, -0.2) is 25.8 Å². The van der Waals surface area contributed by atoms with Crippen molar-refractivity contribution < 1.29 is 17.7 Å². The molecule has 0 aromatic carbocycles. The van der Waals surface area contributed by atoms with Gasteiger partial charge in [-0.1, -0.05) is 11.6 Å². The van der Waals surface area contributed by atoms with Crippen molar-refractivity contribution in [2.24, 2.45) is 0 Å². The van der Waals surface area contributed by atoms with Crippen LogP contribution in [0.25, 0.3) is 10.9 Å². The van der Waals surface area contributed by atoms with Gasteiger partial charge in [-0.2, -0.15) is 23.1 Å². The van der Waals surface area contributed by atoms with Crippen molar-refractivity contribution in [3.8, 4) is 0 Å². The van der Waals surface area contributed by atoms with Gasteiger partial charge in [-0.15, -0.1) is 0 Å². The number of fused-ring (bicyclic) bond motifs is 1. The van der Waals surface area contributed by atoms with Gasteiger partial charge in [0.15, 0.2) is 0 Å². The van der Waals surface area contributed by atoms with Crippen LogP contribution in [0.15, 0.2) is 17.6 Å². The molecule has 2 rings (SSSR count). The zero-order chi connectivity index (χ0) is 13.5. The Morgan fingerprint density at radius 2 is 1.94 bits per heavy atom. The van der Waals surface area contributed by atoms with Crippen molar-refractivity contribution in [2.75, 3.05) is 6.26 Å². The molecular formula is C9H5ClF3N3OS. The van der Waals surface area contributed by atoms with E-state index in [1.165, 1.54) is 6.26 Å². The standard InChI is InChI=1S/C9H5ClF3N3OS/c1-18(17)8-15-2-4-6(16-8)5(9(11,12)13)3-14-7(4)10/h2-3H,1H3. The van der Waals surface area contributed by atoms with Gasteiger partial charge in [0.25, 0.3) is 0 Å². The summed E-state index contributed by atoms with van der Waals surface area (Å²) < 4.78 is 49.5. The first-order chi connectivity index (χ1) is 8.30. The minimum Gasteiger partial charge on any atom is -0.609 e. The molecule has 9 heteroatoms. The zero-order valence-electron chi connectivity index (χ0n) is 8.82. The third-order valence-corrected chi connectivity index (χ3v) is 3.13. The molecule has 0 amide bonds. The van der Waals surface area contributed by atoms with Crippen molar-refractivity contribution >= 4 is 33.7 Å². The topological polar surface area (TPSA) is 61.7 Å². The summed E-state index contributed by atoms with van der Waals surface area (Å²) in [5, 5.41) is -0.345. The molecule has 2 aromatic rings. The van der Waals surface area contributed by atoms with E-state index in [0.717, 1.165) is 6.20 Å². The molecule has 0 fully saturated rings. The molecule has 0 aliphatic carbocycles. The van der Waals surface area contributed by atoms with Gasteiger partial charge in [-0.05, 0) is 0 Å². The Kier molecular flexibility index (Phi) is 3.35. The highest BCUT2D eigenvalue weighted by atomic mass is 35.5. The van der Waals surface area contributed by atoms with E-state index >= 15 is 0 Å². The largest absolute Gasteiger partial charge is 0.609 e. The summed E-state index contributed by atoms with van der Waals surface area (Å²) in [6, 6.07) is 0. The predicted octanol–water partition coefficient (Wildman–Crippen LogP) is 2.43. The molecule has 0 saturated heterocycles. The minimum atomic E-state index is -4.61. The van der Waals surface area contributed by atoms with Crippen LogP contribution in [0.1, 0.15) is 5.56 Å². The quantitative estimate of drug-likeness (QED) is 0.460. The number of hydrogen-bond donors (Lipinski definition) is 0. The van der Waals surface area contributed by atoms with E-state index < -0.39 is 28.4 Å². The number of nitrogens with zero attached hydrogens (tertiary/aromatic N) is 3. The molecule has 0 N–H and O–H groups in total. The molecule has 4 nitrogen and oxygen atoms in total. The summed E-state index contributed by atoms with van der Waals surface area (Å²) in [4.78, 5) is 10.8. The minimum absolute atomic E-state index is 0.0271. The summed E-state index contributed by atoms with van der Waals surface area (Å²) in [6.45, 7) is 0. The van der Waals surface area contributed by atoms with Gasteiger partial charge >= 0.3 is 11.3 Å². The number of hydrogen-bond acceptors (Lipinski definition) is 4. The third-order valence-electron chi connectivity index (χ3n) is 2.11. The number of pyridine rings is 1. The Morgan fingerprint density at radius 1 is 1.28 bits per heavy atom. The summed E-state index contributed by atoms with van der Waals surface area (Å²) >= 11 is 4.10. The molecule has 2 heterocycles. The maximum Gasteiger partial charge on any atom is 0.420 e. The molecule has 0 aliphatic heterocycles. The summed E-state index contributed by atoms with van der Waals surface area (Å²) in [7, 11) is 0. The fourth-order valence-electron chi connectivity index (χ4n) is 1.32. The lowest BCUT2D eigenvalue weighted by Gasteiger charge is -2.10. The molecule has 18 heavy (non-hydrogen) atoms. The van der Waals surface area contributed by atoms with Crippen LogP contribution < -0.4 is 0 Å². The Bertz CT molecular complexity index is 605. The third kappa shape index (κ3) is 2.36. The molecule has 2 aromatic heterocycles. The van der Waals surface area contributed by atoms with Crippen LogP contribution in [0.3, 0.4) is 0 Å². The van der Waals surface area contributed by atoms with Crippen molar-refractivity contribution in [1.82, 2.24) is 15.0 Å². The first-order valence-corrected chi connectivity index (χ1v) is 6.46. The summed E-state index contributed by atoms with van der Waals surface area (Å²) in [6.07, 6.45) is -1.66. The van der Waals surface area contributed by atoms with E-state index in [2.05, 4.69) is 15.0 Å². The number of rotatable bonds is 1. The first kappa shape index (κ1) is 13.3. The highest BCUT2D eigenvalue weighted by Crippen LogP contribution is 2.35. The summed E-state index contributed by atoms with van der Waals surface area (Å²) in [5.41, 5.74) is -1.43. The van der Waals surface area contributed by atoms with Crippen LogP contribution in [0, 0.1) is 0 Å². The average molecular weight is 296 g/mol. The maximum absolute atomic E-state index is 12.8. The fraction of sp³-hybridized carbons (Fsp3) is 0.222. The highest BCUT2D eigenvalue weighted by Gasteiger charge is 2.35. The fourth-order valence-corrected chi connectivity index (χ4v) is 1.93. The summed E-state index contributed by atoms with van der Waals surface area (Å²) in [5.74, 6) is 0. The first-order valence-electron chi connectivity index (χ1n) is 4.52. The monoisotopic (exact) mass is 295 g/mol. The lowest BCUT2D eigenvalue weighted by Crippen LogP contribution is -2.10. The molecule has 1 unspecified atom stereocenters. The molecule has 1 atom stereocenters. The molecule has 0 saturated carbocycles. The van der Waals surface area contributed by atoms with Gasteiger partial charge in [0.2, 0.25) is 0 Å². The average Bonchev–Trinajstić information content (AvgIpc) is 2.27. The number of halogens is 4.